The fourth-order valence-electron chi connectivity index (χ4n) is 5.20. The van der Waals surface area contributed by atoms with Crippen LogP contribution in [0.15, 0.2) is 90.5 Å². The van der Waals surface area contributed by atoms with E-state index in [1.54, 1.807) is 43.2 Å². The number of carbonyl (C=O) groups excluding carboxylic acids is 1. The van der Waals surface area contributed by atoms with Crippen LogP contribution < -0.4 is 14.8 Å². The maximum absolute atomic E-state index is 14.1. The van der Waals surface area contributed by atoms with Crippen molar-refractivity contribution >= 4 is 18.1 Å². The highest BCUT2D eigenvalue weighted by Gasteiger charge is 2.21. The number of rotatable bonds is 14. The van der Waals surface area contributed by atoms with Crippen molar-refractivity contribution in [2.75, 3.05) is 20.2 Å². The average Bonchev–Trinajstić information content (AvgIpc) is 3.73. The molecule has 5 rings (SSSR count). The van der Waals surface area contributed by atoms with Gasteiger partial charge >= 0.3 is 6.61 Å². The fourth-order valence-corrected chi connectivity index (χ4v) is 5.20. The highest BCUT2D eigenvalue weighted by molar-refractivity contribution is 5.95. The summed E-state index contributed by atoms with van der Waals surface area (Å²) in [6.45, 7) is 2.03. The van der Waals surface area contributed by atoms with Crippen molar-refractivity contribution in [3.63, 3.8) is 0 Å². The first-order valence-electron chi connectivity index (χ1n) is 16.5. The minimum Gasteiger partial charge on any atom is -0.493 e. The van der Waals surface area contributed by atoms with E-state index in [4.69, 9.17) is 4.74 Å². The Morgan fingerprint density at radius 3 is 1.91 bits per heavy atom. The van der Waals surface area contributed by atoms with Crippen LogP contribution in [0.25, 0.3) is 12.2 Å². The second kappa shape index (κ2) is 19.3. The Morgan fingerprint density at radius 1 is 0.815 bits per heavy atom. The van der Waals surface area contributed by atoms with Gasteiger partial charge in [0.15, 0.2) is 11.5 Å². The average molecular weight is 755 g/mol. The Bertz CT molecular complexity index is 2090. The summed E-state index contributed by atoms with van der Waals surface area (Å²) in [5.41, 5.74) is 2.33. The van der Waals surface area contributed by atoms with Crippen molar-refractivity contribution in [3.8, 4) is 11.5 Å². The van der Waals surface area contributed by atoms with Crippen LogP contribution in [0.2, 0.25) is 0 Å². The van der Waals surface area contributed by atoms with Crippen molar-refractivity contribution in [1.82, 2.24) is 29.3 Å². The second-order valence-electron chi connectivity index (χ2n) is 12.2. The third-order valence-corrected chi connectivity index (χ3v) is 7.94. The molecule has 0 unspecified atom stereocenters. The van der Waals surface area contributed by atoms with Crippen molar-refractivity contribution in [3.05, 3.63) is 142 Å². The summed E-state index contributed by atoms with van der Waals surface area (Å²) in [5.74, 6) is -1.65. The number of halogens is 6. The number of benzene rings is 3. The molecule has 286 valence electrons. The molecular formula is C39H40F6N6O3. The number of methoxy groups -OCH3 is 1. The van der Waals surface area contributed by atoms with Gasteiger partial charge in [0.05, 0.1) is 20.2 Å². The van der Waals surface area contributed by atoms with E-state index in [2.05, 4.69) is 20.0 Å². The molecule has 0 radical (unpaired) electrons. The molecule has 1 N–H and O–H groups in total. The fraction of sp³-hybridized carbons (Fsp3) is 0.256. The van der Waals surface area contributed by atoms with E-state index in [1.807, 2.05) is 24.7 Å². The van der Waals surface area contributed by atoms with Gasteiger partial charge in [-0.1, -0.05) is 23.3 Å². The number of hydrogen-bond acceptors (Lipinski definition) is 6. The third-order valence-electron chi connectivity index (χ3n) is 7.94. The Hall–Kier alpha value is -5.83. The van der Waals surface area contributed by atoms with Crippen molar-refractivity contribution < 1.29 is 40.6 Å². The number of nitrogens with zero attached hydrogens (tertiary/aromatic N) is 5. The smallest absolute Gasteiger partial charge is 0.387 e. The third kappa shape index (κ3) is 11.8. The number of hydrogen-bond donors (Lipinski definition) is 1. The molecule has 2 aromatic heterocycles. The number of aromatic nitrogens is 4. The van der Waals surface area contributed by atoms with Crippen LogP contribution in [0.1, 0.15) is 47.0 Å². The minimum absolute atomic E-state index is 0.0243. The number of carbonyl (C=O) groups is 1. The lowest BCUT2D eigenvalue weighted by Crippen LogP contribution is -2.33. The first kappa shape index (κ1) is 40.9. The van der Waals surface area contributed by atoms with E-state index in [0.717, 1.165) is 29.6 Å². The van der Waals surface area contributed by atoms with Gasteiger partial charge in [0.1, 0.15) is 34.9 Å². The lowest BCUT2D eigenvalue weighted by molar-refractivity contribution is -0.0512. The quantitative estimate of drug-likeness (QED) is 0.116. The largest absolute Gasteiger partial charge is 0.493 e. The van der Waals surface area contributed by atoms with Crippen molar-refractivity contribution in [1.29, 1.82) is 0 Å². The molecule has 0 aliphatic carbocycles. The maximum atomic E-state index is 14.1. The molecule has 0 bridgehead atoms. The Labute approximate surface area is 309 Å². The molecule has 0 saturated carbocycles. The zero-order valence-corrected chi connectivity index (χ0v) is 30.3. The van der Waals surface area contributed by atoms with Crippen LogP contribution in [-0.4, -0.2) is 56.7 Å². The SMILES string of the molecule is C/C(=C\c1ccc(F)cc1F)CNCc1nccn1C.COc1cc(C(=O)N(C/C(C)=C/c2ccc(F)cc2F)Cc2nccn2C)ccc1OC(F)F. The molecule has 0 aliphatic heterocycles. The van der Waals surface area contributed by atoms with Gasteiger partial charge in [0, 0.05) is 80.8 Å². The zero-order valence-electron chi connectivity index (χ0n) is 30.3. The Morgan fingerprint density at radius 2 is 1.39 bits per heavy atom. The lowest BCUT2D eigenvalue weighted by atomic mass is 10.1. The molecule has 1 amide bonds. The van der Waals surface area contributed by atoms with Crippen molar-refractivity contribution in [2.45, 2.75) is 33.5 Å². The molecule has 54 heavy (non-hydrogen) atoms. The predicted molar refractivity (Wildman–Crippen MR) is 193 cm³/mol. The van der Waals surface area contributed by atoms with E-state index in [0.29, 0.717) is 30.1 Å². The standard InChI is InChI=1S/C24H23F4N3O3.C15H17F2N3/c1-15(10-16-4-6-18(25)12-19(16)26)13-31(14-22-29-8-9-30(22)2)23(32)17-5-7-20(34-24(27)28)21(11-17)33-3;1-11(7-12-3-4-13(16)8-14(12)17)9-18-10-15-19-5-6-20(15)2/h4-12,24H,13-14H2,1-3H3;3-8,18H,9-10H2,1-2H3/b15-10+;11-7+. The Kier molecular flexibility index (Phi) is 14.6. The van der Waals surface area contributed by atoms with Crippen LogP contribution >= 0.6 is 0 Å². The van der Waals surface area contributed by atoms with Crippen LogP contribution in [-0.2, 0) is 27.2 Å². The van der Waals surface area contributed by atoms with Crippen molar-refractivity contribution in [2.24, 2.45) is 14.1 Å². The van der Waals surface area contributed by atoms with Gasteiger partial charge in [0.25, 0.3) is 5.91 Å². The van der Waals surface area contributed by atoms with Crippen LogP contribution in [0.3, 0.4) is 0 Å². The summed E-state index contributed by atoms with van der Waals surface area (Å²) in [6, 6.07) is 10.7. The molecule has 0 spiro atoms. The molecule has 0 aliphatic rings. The second-order valence-corrected chi connectivity index (χ2v) is 12.2. The topological polar surface area (TPSA) is 86.4 Å². The van der Waals surface area contributed by atoms with Gasteiger partial charge in [-0.05, 0) is 56.3 Å². The monoisotopic (exact) mass is 754 g/mol. The summed E-state index contributed by atoms with van der Waals surface area (Å²) in [4.78, 5) is 23.3. The van der Waals surface area contributed by atoms with E-state index in [9.17, 15) is 31.1 Å². The lowest BCUT2D eigenvalue weighted by Gasteiger charge is -2.23. The van der Waals surface area contributed by atoms with E-state index in [1.165, 1.54) is 54.5 Å². The van der Waals surface area contributed by atoms with E-state index < -0.39 is 35.8 Å². The number of ether oxygens (including phenoxy) is 2. The molecule has 0 fully saturated rings. The van der Waals surface area contributed by atoms with Crippen LogP contribution in [0, 0.1) is 23.3 Å². The van der Waals surface area contributed by atoms with Gasteiger partial charge in [-0.2, -0.15) is 8.78 Å². The highest BCUT2D eigenvalue weighted by Crippen LogP contribution is 2.30. The molecule has 0 saturated heterocycles. The zero-order chi connectivity index (χ0) is 39.4. The van der Waals surface area contributed by atoms with Crippen LogP contribution in [0.4, 0.5) is 26.3 Å². The summed E-state index contributed by atoms with van der Waals surface area (Å²) in [6.07, 6.45) is 10.2. The molecular weight excluding hydrogens is 714 g/mol. The molecule has 3 aromatic carbocycles. The van der Waals surface area contributed by atoms with Gasteiger partial charge < -0.3 is 28.8 Å². The molecule has 2 heterocycles. The highest BCUT2D eigenvalue weighted by atomic mass is 19.3. The van der Waals surface area contributed by atoms with Gasteiger partial charge in [-0.3, -0.25) is 4.79 Å². The number of nitrogens with one attached hydrogen (secondary N) is 1. The molecule has 15 heteroatoms. The van der Waals surface area contributed by atoms with E-state index in [-0.39, 0.29) is 35.7 Å². The first-order chi connectivity index (χ1) is 25.7. The van der Waals surface area contributed by atoms with Crippen LogP contribution in [0.5, 0.6) is 11.5 Å². The number of amides is 1. The molecule has 0 atom stereocenters. The summed E-state index contributed by atoms with van der Waals surface area (Å²) in [7, 11) is 4.99. The summed E-state index contributed by atoms with van der Waals surface area (Å²) >= 11 is 0. The van der Waals surface area contributed by atoms with Gasteiger partial charge in [0.2, 0.25) is 0 Å². The minimum atomic E-state index is -3.05. The number of imidazole rings is 2. The molecule has 5 aromatic rings. The predicted octanol–water partition coefficient (Wildman–Crippen LogP) is 7.95. The summed E-state index contributed by atoms with van der Waals surface area (Å²) in [5, 5.41) is 3.23. The molecule has 9 nitrogen and oxygen atoms in total. The number of alkyl halides is 2. The maximum Gasteiger partial charge on any atom is 0.387 e. The number of aryl methyl sites for hydroxylation is 2. The summed E-state index contributed by atoms with van der Waals surface area (Å²) < 4.78 is 92.0. The normalized spacial score (nSPS) is 11.7. The Balaban J connectivity index is 0.000000276. The van der Waals surface area contributed by atoms with E-state index >= 15 is 0 Å². The first-order valence-corrected chi connectivity index (χ1v) is 16.5. The van der Waals surface area contributed by atoms with Gasteiger partial charge in [-0.25, -0.2) is 27.5 Å². The van der Waals surface area contributed by atoms with Gasteiger partial charge in [-0.15, -0.1) is 0 Å².